The molecule has 2 rings (SSSR count). The first-order valence-electron chi connectivity index (χ1n) is 8.05. The van der Waals surface area contributed by atoms with E-state index in [1.54, 1.807) is 12.1 Å². The highest BCUT2D eigenvalue weighted by Gasteiger charge is 2.06. The average Bonchev–Trinajstić information content (AvgIpc) is 2.66. The summed E-state index contributed by atoms with van der Waals surface area (Å²) in [5.74, 6) is -0.873. The number of carbonyl (C=O) groups is 2. The summed E-state index contributed by atoms with van der Waals surface area (Å²) in [5, 5.41) is 9.54. The second kappa shape index (κ2) is 9.33. The number of ether oxygens (including phenoxy) is 2. The lowest BCUT2D eigenvalue weighted by atomic mass is 10.1. The molecule has 0 spiro atoms. The van der Waals surface area contributed by atoms with Gasteiger partial charge in [-0.3, -0.25) is 9.59 Å². The van der Waals surface area contributed by atoms with E-state index in [0.717, 1.165) is 0 Å². The Morgan fingerprint density at radius 3 is 2.00 bits per heavy atom. The third kappa shape index (κ3) is 5.81. The highest BCUT2D eigenvalue weighted by atomic mass is 19.1. The SMILES string of the molecule is COc1cc(C=CC(=O)CC(=O)C=Cc2ccc(F)c(OC)c2)ccc1O. The summed E-state index contributed by atoms with van der Waals surface area (Å²) in [5.41, 5.74) is 1.24. The van der Waals surface area contributed by atoms with Crippen LogP contribution in [0.5, 0.6) is 17.2 Å². The summed E-state index contributed by atoms with van der Waals surface area (Å²) in [4.78, 5) is 23.8. The molecule has 0 heterocycles. The number of halogens is 1. The largest absolute Gasteiger partial charge is 0.504 e. The van der Waals surface area contributed by atoms with Crippen molar-refractivity contribution in [3.63, 3.8) is 0 Å². The normalized spacial score (nSPS) is 11.1. The Kier molecular flexibility index (Phi) is 6.88. The smallest absolute Gasteiger partial charge is 0.165 e. The van der Waals surface area contributed by atoms with E-state index in [4.69, 9.17) is 9.47 Å². The molecule has 0 aliphatic carbocycles. The molecule has 2 aromatic carbocycles. The van der Waals surface area contributed by atoms with Crippen LogP contribution in [0, 0.1) is 5.82 Å². The number of allylic oxidation sites excluding steroid dienone is 2. The minimum Gasteiger partial charge on any atom is -0.504 e. The van der Waals surface area contributed by atoms with E-state index in [1.165, 1.54) is 62.8 Å². The highest BCUT2D eigenvalue weighted by molar-refractivity contribution is 6.10. The van der Waals surface area contributed by atoms with Crippen molar-refractivity contribution in [1.29, 1.82) is 0 Å². The summed E-state index contributed by atoms with van der Waals surface area (Å²) in [6.45, 7) is 0. The maximum absolute atomic E-state index is 13.3. The Bertz CT molecular complexity index is 826. The van der Waals surface area contributed by atoms with E-state index >= 15 is 0 Å². The maximum Gasteiger partial charge on any atom is 0.165 e. The Hall–Kier alpha value is -3.41. The molecule has 0 fully saturated rings. The number of phenols is 1. The number of aromatic hydroxyl groups is 1. The lowest BCUT2D eigenvalue weighted by Crippen LogP contribution is -2.01. The summed E-state index contributed by atoms with van der Waals surface area (Å²) in [7, 11) is 2.78. The monoisotopic (exact) mass is 370 g/mol. The number of benzene rings is 2. The van der Waals surface area contributed by atoms with Crippen LogP contribution in [0.2, 0.25) is 0 Å². The first kappa shape index (κ1) is 19.9. The highest BCUT2D eigenvalue weighted by Crippen LogP contribution is 2.26. The molecule has 0 radical (unpaired) electrons. The second-order valence-corrected chi connectivity index (χ2v) is 5.60. The average molecular weight is 370 g/mol. The first-order chi connectivity index (χ1) is 12.9. The molecule has 0 atom stereocenters. The van der Waals surface area contributed by atoms with E-state index in [1.807, 2.05) is 0 Å². The number of ketones is 2. The van der Waals surface area contributed by atoms with Crippen molar-refractivity contribution in [3.8, 4) is 17.2 Å². The van der Waals surface area contributed by atoms with Crippen LogP contribution >= 0.6 is 0 Å². The van der Waals surface area contributed by atoms with Crippen LogP contribution in [0.15, 0.2) is 48.6 Å². The van der Waals surface area contributed by atoms with Crippen molar-refractivity contribution >= 4 is 23.7 Å². The third-order valence-corrected chi connectivity index (χ3v) is 3.65. The molecule has 0 saturated carbocycles. The Balaban J connectivity index is 1.96. The molecule has 1 N–H and O–H groups in total. The van der Waals surface area contributed by atoms with Gasteiger partial charge >= 0.3 is 0 Å². The number of hydrogen-bond donors (Lipinski definition) is 1. The van der Waals surface area contributed by atoms with Gasteiger partial charge in [-0.15, -0.1) is 0 Å². The van der Waals surface area contributed by atoms with Crippen molar-refractivity contribution in [2.45, 2.75) is 6.42 Å². The van der Waals surface area contributed by atoms with Crippen molar-refractivity contribution in [1.82, 2.24) is 0 Å². The van der Waals surface area contributed by atoms with Gasteiger partial charge in [0.25, 0.3) is 0 Å². The van der Waals surface area contributed by atoms with Crippen molar-refractivity contribution in [3.05, 3.63) is 65.5 Å². The third-order valence-electron chi connectivity index (χ3n) is 3.65. The molecule has 6 heteroatoms. The van der Waals surface area contributed by atoms with Gasteiger partial charge in [-0.05, 0) is 47.5 Å². The van der Waals surface area contributed by atoms with Crippen LogP contribution in [-0.2, 0) is 9.59 Å². The minimum absolute atomic E-state index is 0.00119. The molecular formula is C21H19FO5. The van der Waals surface area contributed by atoms with Crippen LogP contribution in [0.1, 0.15) is 17.5 Å². The summed E-state index contributed by atoms with van der Waals surface area (Å²) >= 11 is 0. The van der Waals surface area contributed by atoms with Gasteiger partial charge in [-0.1, -0.05) is 24.3 Å². The van der Waals surface area contributed by atoms with E-state index in [0.29, 0.717) is 16.9 Å². The van der Waals surface area contributed by atoms with Crippen molar-refractivity contribution < 1.29 is 28.6 Å². The van der Waals surface area contributed by atoms with Gasteiger partial charge in [0.15, 0.2) is 34.6 Å². The molecule has 2 aromatic rings. The molecule has 5 nitrogen and oxygen atoms in total. The molecule has 0 amide bonds. The maximum atomic E-state index is 13.3. The predicted molar refractivity (Wildman–Crippen MR) is 100 cm³/mol. The van der Waals surface area contributed by atoms with Crippen LogP contribution < -0.4 is 9.47 Å². The summed E-state index contributed by atoms with van der Waals surface area (Å²) < 4.78 is 23.2. The van der Waals surface area contributed by atoms with E-state index in [-0.39, 0.29) is 29.5 Å². The van der Waals surface area contributed by atoms with Crippen LogP contribution in [-0.4, -0.2) is 30.9 Å². The molecule has 0 unspecified atom stereocenters. The lowest BCUT2D eigenvalue weighted by molar-refractivity contribution is -0.121. The van der Waals surface area contributed by atoms with Crippen molar-refractivity contribution in [2.75, 3.05) is 14.2 Å². The number of phenolic OH excluding ortho intramolecular Hbond substituents is 1. The number of methoxy groups -OCH3 is 2. The zero-order chi connectivity index (χ0) is 19.8. The van der Waals surface area contributed by atoms with E-state index < -0.39 is 5.82 Å². The molecule has 0 aromatic heterocycles. The van der Waals surface area contributed by atoms with Gasteiger partial charge in [0.05, 0.1) is 20.6 Å². The zero-order valence-corrected chi connectivity index (χ0v) is 14.9. The zero-order valence-electron chi connectivity index (χ0n) is 14.9. The molecule has 0 aliphatic rings. The fraction of sp³-hybridized carbons (Fsp3) is 0.143. The lowest BCUT2D eigenvalue weighted by Gasteiger charge is -2.03. The van der Waals surface area contributed by atoms with Gasteiger partial charge in [0.2, 0.25) is 0 Å². The molecule has 27 heavy (non-hydrogen) atoms. The number of hydrogen-bond acceptors (Lipinski definition) is 5. The molecule has 0 bridgehead atoms. The Morgan fingerprint density at radius 1 is 0.926 bits per heavy atom. The summed E-state index contributed by atoms with van der Waals surface area (Å²) in [6, 6.07) is 8.84. The quantitative estimate of drug-likeness (QED) is 0.565. The van der Waals surface area contributed by atoms with Crippen LogP contribution in [0.3, 0.4) is 0 Å². The van der Waals surface area contributed by atoms with Gasteiger partial charge in [-0.25, -0.2) is 4.39 Å². The predicted octanol–water partition coefficient (Wildman–Crippen LogP) is 3.80. The molecule has 0 saturated heterocycles. The Labute approximate surface area is 156 Å². The summed E-state index contributed by atoms with van der Waals surface area (Å²) in [6.07, 6.45) is 5.29. The second-order valence-electron chi connectivity index (χ2n) is 5.60. The van der Waals surface area contributed by atoms with Gasteiger partial charge in [0, 0.05) is 0 Å². The number of carbonyl (C=O) groups excluding carboxylic acids is 2. The van der Waals surface area contributed by atoms with Crippen LogP contribution in [0.25, 0.3) is 12.2 Å². The number of rotatable bonds is 8. The minimum atomic E-state index is -0.493. The van der Waals surface area contributed by atoms with Gasteiger partial charge in [0.1, 0.15) is 0 Å². The van der Waals surface area contributed by atoms with Gasteiger partial charge < -0.3 is 14.6 Å². The molecule has 0 aliphatic heterocycles. The fourth-order valence-electron chi connectivity index (χ4n) is 2.25. The van der Waals surface area contributed by atoms with Crippen molar-refractivity contribution in [2.24, 2.45) is 0 Å². The van der Waals surface area contributed by atoms with Gasteiger partial charge in [-0.2, -0.15) is 0 Å². The van der Waals surface area contributed by atoms with E-state index in [2.05, 4.69) is 0 Å². The molecular weight excluding hydrogens is 351 g/mol. The van der Waals surface area contributed by atoms with Crippen LogP contribution in [0.4, 0.5) is 4.39 Å². The Morgan fingerprint density at radius 2 is 1.44 bits per heavy atom. The molecule has 140 valence electrons. The fourth-order valence-corrected chi connectivity index (χ4v) is 2.25. The standard InChI is InChI=1S/C21H19FO5/c1-26-20-11-14(5-9-18(20)22)3-7-16(23)13-17(24)8-4-15-6-10-19(25)21(12-15)27-2/h3-12,25H,13H2,1-2H3. The van der Waals surface area contributed by atoms with E-state index in [9.17, 15) is 19.1 Å². The topological polar surface area (TPSA) is 72.8 Å². The first-order valence-corrected chi connectivity index (χ1v) is 8.05.